The summed E-state index contributed by atoms with van der Waals surface area (Å²) in [6.45, 7) is 5.23. The number of nitrogens with zero attached hydrogens (tertiary/aromatic N) is 2. The summed E-state index contributed by atoms with van der Waals surface area (Å²) in [6, 6.07) is 7.89. The van der Waals surface area contributed by atoms with Gasteiger partial charge in [0.05, 0.1) is 17.0 Å². The second kappa shape index (κ2) is 4.90. The summed E-state index contributed by atoms with van der Waals surface area (Å²) >= 11 is 0. The normalized spacial score (nSPS) is 11.9. The van der Waals surface area contributed by atoms with Crippen LogP contribution >= 0.6 is 0 Å². The van der Waals surface area contributed by atoms with Gasteiger partial charge in [0.2, 0.25) is 0 Å². The number of hydrogen-bond donors (Lipinski definition) is 1. The maximum Gasteiger partial charge on any atom is 0.417 e. The molecule has 1 aromatic heterocycles. The molecule has 0 radical (unpaired) electrons. The van der Waals surface area contributed by atoms with Gasteiger partial charge in [-0.2, -0.15) is 5.26 Å². The van der Waals surface area contributed by atoms with E-state index in [1.165, 1.54) is 0 Å². The van der Waals surface area contributed by atoms with Crippen LogP contribution in [0.3, 0.4) is 0 Å². The van der Waals surface area contributed by atoms with Crippen LogP contribution in [-0.4, -0.2) is 23.5 Å². The van der Waals surface area contributed by atoms with Gasteiger partial charge in [0.1, 0.15) is 0 Å². The molecule has 2 aromatic rings. The molecule has 5 nitrogen and oxygen atoms in total. The molecule has 1 aromatic carbocycles. The van der Waals surface area contributed by atoms with Gasteiger partial charge < -0.3 is 9.32 Å². The SMILES string of the molecule is CN(Cc1ccc2oc(=O)[nH]c2c1)CC(C)(C)C#N. The molecule has 0 bridgehead atoms. The van der Waals surface area contributed by atoms with E-state index < -0.39 is 5.76 Å². The largest absolute Gasteiger partial charge is 0.417 e. The summed E-state index contributed by atoms with van der Waals surface area (Å²) in [6.07, 6.45) is 0. The van der Waals surface area contributed by atoms with Crippen LogP contribution < -0.4 is 5.76 Å². The van der Waals surface area contributed by atoms with E-state index in [9.17, 15) is 4.79 Å². The van der Waals surface area contributed by atoms with Gasteiger partial charge in [-0.3, -0.25) is 4.98 Å². The highest BCUT2D eigenvalue weighted by atomic mass is 16.4. The molecule has 0 saturated heterocycles. The van der Waals surface area contributed by atoms with Crippen molar-refractivity contribution in [3.05, 3.63) is 34.3 Å². The third kappa shape index (κ3) is 3.24. The average Bonchev–Trinajstić information content (AvgIpc) is 2.67. The Balaban J connectivity index is 2.13. The van der Waals surface area contributed by atoms with Crippen molar-refractivity contribution < 1.29 is 4.42 Å². The van der Waals surface area contributed by atoms with Crippen LogP contribution in [0, 0.1) is 16.7 Å². The summed E-state index contributed by atoms with van der Waals surface area (Å²) < 4.78 is 4.96. The molecule has 5 heteroatoms. The van der Waals surface area contributed by atoms with Crippen molar-refractivity contribution in [1.82, 2.24) is 9.88 Å². The molecule has 0 amide bonds. The first-order chi connectivity index (χ1) is 8.89. The fraction of sp³-hybridized carbons (Fsp3) is 0.429. The van der Waals surface area contributed by atoms with Gasteiger partial charge in [0.15, 0.2) is 5.58 Å². The number of nitriles is 1. The Bertz CT molecular complexity index is 676. The lowest BCUT2D eigenvalue weighted by Gasteiger charge is -2.24. The van der Waals surface area contributed by atoms with Gasteiger partial charge in [-0.15, -0.1) is 0 Å². The van der Waals surface area contributed by atoms with Crippen molar-refractivity contribution in [1.29, 1.82) is 5.26 Å². The van der Waals surface area contributed by atoms with Crippen molar-refractivity contribution in [2.24, 2.45) is 5.41 Å². The summed E-state index contributed by atoms with van der Waals surface area (Å²) in [5.74, 6) is -0.439. The second-order valence-electron chi connectivity index (χ2n) is 5.51. The molecule has 1 N–H and O–H groups in total. The van der Waals surface area contributed by atoms with Gasteiger partial charge in [0, 0.05) is 13.1 Å². The van der Waals surface area contributed by atoms with Crippen LogP contribution in [-0.2, 0) is 6.54 Å². The van der Waals surface area contributed by atoms with Crippen LogP contribution in [0.25, 0.3) is 11.1 Å². The Hall–Kier alpha value is -2.06. The molecule has 0 aliphatic rings. The summed E-state index contributed by atoms with van der Waals surface area (Å²) in [5, 5.41) is 9.02. The van der Waals surface area contributed by atoms with Gasteiger partial charge in [0.25, 0.3) is 0 Å². The molecule has 0 atom stereocenters. The van der Waals surface area contributed by atoms with Crippen molar-refractivity contribution >= 4 is 11.1 Å². The molecule has 0 unspecified atom stereocenters. The molecule has 0 fully saturated rings. The van der Waals surface area contributed by atoms with Crippen LogP contribution in [0.1, 0.15) is 19.4 Å². The minimum atomic E-state index is -0.439. The molecule has 0 aliphatic carbocycles. The topological polar surface area (TPSA) is 73.0 Å². The van der Waals surface area contributed by atoms with E-state index in [2.05, 4.69) is 16.0 Å². The quantitative estimate of drug-likeness (QED) is 0.912. The minimum absolute atomic E-state index is 0.372. The Morgan fingerprint density at radius 1 is 1.47 bits per heavy atom. The van der Waals surface area contributed by atoms with Crippen molar-refractivity contribution in [2.75, 3.05) is 13.6 Å². The van der Waals surface area contributed by atoms with E-state index in [0.29, 0.717) is 24.2 Å². The lowest BCUT2D eigenvalue weighted by atomic mass is 9.95. The highest BCUT2D eigenvalue weighted by Crippen LogP contribution is 2.17. The van der Waals surface area contributed by atoms with Crippen molar-refractivity contribution in [3.8, 4) is 6.07 Å². The third-order valence-corrected chi connectivity index (χ3v) is 2.90. The lowest BCUT2D eigenvalue weighted by molar-refractivity contribution is 0.249. The summed E-state index contributed by atoms with van der Waals surface area (Å²) in [7, 11) is 1.97. The highest BCUT2D eigenvalue weighted by molar-refractivity contribution is 5.72. The standard InChI is InChI=1S/C14H17N3O2/c1-14(2,8-15)9-17(3)7-10-4-5-12-11(6-10)16-13(18)19-12/h4-6H,7,9H2,1-3H3,(H,16,18). The summed E-state index contributed by atoms with van der Waals surface area (Å²) in [5.41, 5.74) is 1.97. The molecule has 1 heterocycles. The van der Waals surface area contributed by atoms with Crippen LogP contribution in [0.2, 0.25) is 0 Å². The van der Waals surface area contributed by atoms with Gasteiger partial charge in [-0.05, 0) is 38.6 Å². The number of oxazole rings is 1. The van der Waals surface area contributed by atoms with Crippen molar-refractivity contribution in [2.45, 2.75) is 20.4 Å². The van der Waals surface area contributed by atoms with E-state index in [-0.39, 0.29) is 5.41 Å². The first-order valence-electron chi connectivity index (χ1n) is 6.11. The van der Waals surface area contributed by atoms with E-state index >= 15 is 0 Å². The molecule has 0 spiro atoms. The maximum atomic E-state index is 11.1. The number of rotatable bonds is 4. The zero-order chi connectivity index (χ0) is 14.0. The first-order valence-corrected chi connectivity index (χ1v) is 6.11. The smallest absolute Gasteiger partial charge is 0.408 e. The predicted molar refractivity (Wildman–Crippen MR) is 72.6 cm³/mol. The number of benzene rings is 1. The van der Waals surface area contributed by atoms with Crippen molar-refractivity contribution in [3.63, 3.8) is 0 Å². The van der Waals surface area contributed by atoms with E-state index in [1.807, 2.05) is 33.0 Å². The van der Waals surface area contributed by atoms with E-state index in [0.717, 1.165) is 5.56 Å². The number of aromatic nitrogens is 1. The number of aromatic amines is 1. The van der Waals surface area contributed by atoms with Crippen LogP contribution in [0.15, 0.2) is 27.4 Å². The predicted octanol–water partition coefficient (Wildman–Crippen LogP) is 2.10. The molecule has 0 aliphatic heterocycles. The maximum absolute atomic E-state index is 11.1. The molecular formula is C14H17N3O2. The number of nitrogens with one attached hydrogen (secondary N) is 1. The molecule has 19 heavy (non-hydrogen) atoms. The van der Waals surface area contributed by atoms with Crippen LogP contribution in [0.5, 0.6) is 0 Å². The van der Waals surface area contributed by atoms with Gasteiger partial charge in [-0.25, -0.2) is 4.79 Å². The fourth-order valence-corrected chi connectivity index (χ4v) is 2.18. The molecule has 0 saturated carbocycles. The Kier molecular flexibility index (Phi) is 3.45. The zero-order valence-electron chi connectivity index (χ0n) is 11.4. The molecule has 2 rings (SSSR count). The number of hydrogen-bond acceptors (Lipinski definition) is 4. The Labute approximate surface area is 111 Å². The lowest BCUT2D eigenvalue weighted by Crippen LogP contribution is -2.29. The highest BCUT2D eigenvalue weighted by Gasteiger charge is 2.19. The number of H-pyrrole nitrogens is 1. The van der Waals surface area contributed by atoms with Gasteiger partial charge >= 0.3 is 5.76 Å². The second-order valence-corrected chi connectivity index (χ2v) is 5.51. The Morgan fingerprint density at radius 2 is 2.21 bits per heavy atom. The first kappa shape index (κ1) is 13.4. The van der Waals surface area contributed by atoms with Crippen LogP contribution in [0.4, 0.5) is 0 Å². The fourth-order valence-electron chi connectivity index (χ4n) is 2.18. The Morgan fingerprint density at radius 3 is 2.89 bits per heavy atom. The minimum Gasteiger partial charge on any atom is -0.408 e. The van der Waals surface area contributed by atoms with E-state index in [4.69, 9.17) is 9.68 Å². The summed E-state index contributed by atoms with van der Waals surface area (Å²) in [4.78, 5) is 15.8. The molecular weight excluding hydrogens is 242 g/mol. The van der Waals surface area contributed by atoms with E-state index in [1.54, 1.807) is 6.07 Å². The monoisotopic (exact) mass is 259 g/mol. The number of fused-ring (bicyclic) bond motifs is 1. The third-order valence-electron chi connectivity index (χ3n) is 2.90. The molecule has 100 valence electrons. The zero-order valence-corrected chi connectivity index (χ0v) is 11.4. The average molecular weight is 259 g/mol. The van der Waals surface area contributed by atoms with Gasteiger partial charge in [-0.1, -0.05) is 6.07 Å².